The molecule has 0 aliphatic rings. The molecule has 3 N–H and O–H groups in total. The molecule has 2 nitrogen and oxygen atoms in total. The van der Waals surface area contributed by atoms with Crippen LogP contribution < -0.4 is 11.1 Å². The third kappa shape index (κ3) is 7.01. The Morgan fingerprint density at radius 3 is 2.21 bits per heavy atom. The van der Waals surface area contributed by atoms with Crippen molar-refractivity contribution in [2.24, 2.45) is 5.73 Å². The molecule has 1 aromatic carbocycles. The molecular weight excluding hydrogens is 219 g/mol. The number of halogens is 2. The van der Waals surface area contributed by atoms with E-state index in [2.05, 4.69) is 17.4 Å². The van der Waals surface area contributed by atoms with E-state index in [1.54, 1.807) is 0 Å². The van der Waals surface area contributed by atoms with Crippen molar-refractivity contribution < 1.29 is 0 Å². The van der Waals surface area contributed by atoms with E-state index in [-0.39, 0.29) is 24.8 Å². The Balaban J connectivity index is 0. The van der Waals surface area contributed by atoms with Gasteiger partial charge in [0, 0.05) is 12.2 Å². The van der Waals surface area contributed by atoms with Gasteiger partial charge in [0.05, 0.1) is 0 Å². The van der Waals surface area contributed by atoms with Gasteiger partial charge < -0.3 is 11.1 Å². The monoisotopic (exact) mass is 236 g/mol. The van der Waals surface area contributed by atoms with Crippen LogP contribution in [-0.4, -0.2) is 13.1 Å². The van der Waals surface area contributed by atoms with Crippen LogP contribution in [0.4, 0.5) is 5.69 Å². The summed E-state index contributed by atoms with van der Waals surface area (Å²) in [4.78, 5) is 0. The lowest BCUT2D eigenvalue weighted by molar-refractivity contribution is 0.774. The molecule has 0 aliphatic heterocycles. The molecule has 0 atom stereocenters. The molecule has 0 fully saturated rings. The average Bonchev–Trinajstić information content (AvgIpc) is 2.14. The fourth-order valence-electron chi connectivity index (χ4n) is 1.06. The Kier molecular flexibility index (Phi) is 12.2. The molecule has 82 valence electrons. The van der Waals surface area contributed by atoms with Crippen molar-refractivity contribution in [3.8, 4) is 0 Å². The van der Waals surface area contributed by atoms with Gasteiger partial charge in [-0.3, -0.25) is 0 Å². The molecular formula is C10H18Cl2N2. The summed E-state index contributed by atoms with van der Waals surface area (Å²) in [6, 6.07) is 10.2. The first-order chi connectivity index (χ1) is 5.93. The lowest BCUT2D eigenvalue weighted by Gasteiger charge is -2.04. The molecule has 1 aromatic rings. The minimum absolute atomic E-state index is 0. The highest BCUT2D eigenvalue weighted by atomic mass is 35.5. The number of anilines is 1. The zero-order valence-corrected chi connectivity index (χ0v) is 9.74. The number of benzene rings is 1. The van der Waals surface area contributed by atoms with Gasteiger partial charge in [0.2, 0.25) is 0 Å². The highest BCUT2D eigenvalue weighted by Crippen LogP contribution is 2.04. The smallest absolute Gasteiger partial charge is 0.0340 e. The van der Waals surface area contributed by atoms with Crippen molar-refractivity contribution in [3.05, 3.63) is 30.3 Å². The summed E-state index contributed by atoms with van der Waals surface area (Å²) in [7, 11) is 0. The molecule has 0 aliphatic carbocycles. The van der Waals surface area contributed by atoms with E-state index in [4.69, 9.17) is 5.73 Å². The van der Waals surface area contributed by atoms with Gasteiger partial charge in [0.1, 0.15) is 0 Å². The fourth-order valence-corrected chi connectivity index (χ4v) is 1.06. The van der Waals surface area contributed by atoms with Gasteiger partial charge in [-0.15, -0.1) is 24.8 Å². The SMILES string of the molecule is Cl.Cl.NCCCCNc1ccccc1. The summed E-state index contributed by atoms with van der Waals surface area (Å²) in [5.41, 5.74) is 6.57. The van der Waals surface area contributed by atoms with Crippen molar-refractivity contribution >= 4 is 30.5 Å². The average molecular weight is 237 g/mol. The van der Waals surface area contributed by atoms with Gasteiger partial charge in [-0.2, -0.15) is 0 Å². The highest BCUT2D eigenvalue weighted by molar-refractivity contribution is 5.85. The second-order valence-corrected chi connectivity index (χ2v) is 2.79. The maximum Gasteiger partial charge on any atom is 0.0340 e. The van der Waals surface area contributed by atoms with E-state index in [0.717, 1.165) is 25.9 Å². The molecule has 1 rings (SSSR count). The Hall–Kier alpha value is -0.440. The van der Waals surface area contributed by atoms with Crippen LogP contribution in [0.5, 0.6) is 0 Å². The molecule has 0 bridgehead atoms. The molecule has 0 spiro atoms. The minimum atomic E-state index is 0. The Morgan fingerprint density at radius 1 is 1.00 bits per heavy atom. The van der Waals surface area contributed by atoms with Crippen LogP contribution in [0, 0.1) is 0 Å². The van der Waals surface area contributed by atoms with Gasteiger partial charge in [-0.1, -0.05) is 18.2 Å². The first kappa shape index (κ1) is 16.0. The molecule has 0 aromatic heterocycles. The van der Waals surface area contributed by atoms with Crippen molar-refractivity contribution in [2.75, 3.05) is 18.4 Å². The van der Waals surface area contributed by atoms with Crippen molar-refractivity contribution in [3.63, 3.8) is 0 Å². The predicted molar refractivity (Wildman–Crippen MR) is 67.7 cm³/mol. The Labute approximate surface area is 98.1 Å². The van der Waals surface area contributed by atoms with Crippen LogP contribution in [-0.2, 0) is 0 Å². The number of rotatable bonds is 5. The number of unbranched alkanes of at least 4 members (excludes halogenated alkanes) is 1. The first-order valence-electron chi connectivity index (χ1n) is 4.42. The minimum Gasteiger partial charge on any atom is -0.385 e. The second-order valence-electron chi connectivity index (χ2n) is 2.79. The summed E-state index contributed by atoms with van der Waals surface area (Å²) in [5.74, 6) is 0. The van der Waals surface area contributed by atoms with Crippen LogP contribution in [0.3, 0.4) is 0 Å². The molecule has 0 amide bonds. The van der Waals surface area contributed by atoms with Crippen LogP contribution >= 0.6 is 24.8 Å². The number of nitrogens with two attached hydrogens (primary N) is 1. The van der Waals surface area contributed by atoms with Gasteiger partial charge >= 0.3 is 0 Å². The van der Waals surface area contributed by atoms with Crippen molar-refractivity contribution in [1.82, 2.24) is 0 Å². The lowest BCUT2D eigenvalue weighted by Crippen LogP contribution is -2.05. The van der Waals surface area contributed by atoms with Crippen LogP contribution in [0.25, 0.3) is 0 Å². The van der Waals surface area contributed by atoms with E-state index in [1.165, 1.54) is 5.69 Å². The van der Waals surface area contributed by atoms with Gasteiger partial charge in [0.15, 0.2) is 0 Å². The van der Waals surface area contributed by atoms with Crippen LogP contribution in [0.2, 0.25) is 0 Å². The lowest BCUT2D eigenvalue weighted by atomic mass is 10.3. The topological polar surface area (TPSA) is 38.0 Å². The third-order valence-corrected chi connectivity index (χ3v) is 1.73. The second kappa shape index (κ2) is 10.6. The fraction of sp³-hybridized carbons (Fsp3) is 0.400. The Bertz CT molecular complexity index is 205. The number of hydrogen-bond acceptors (Lipinski definition) is 2. The molecule has 14 heavy (non-hydrogen) atoms. The van der Waals surface area contributed by atoms with Crippen molar-refractivity contribution in [1.29, 1.82) is 0 Å². The summed E-state index contributed by atoms with van der Waals surface area (Å²) in [6.45, 7) is 1.80. The zero-order chi connectivity index (χ0) is 8.65. The highest BCUT2D eigenvalue weighted by Gasteiger charge is 1.87. The van der Waals surface area contributed by atoms with E-state index in [9.17, 15) is 0 Å². The van der Waals surface area contributed by atoms with Gasteiger partial charge in [-0.25, -0.2) is 0 Å². The largest absolute Gasteiger partial charge is 0.385 e. The number of hydrogen-bond donors (Lipinski definition) is 2. The third-order valence-electron chi connectivity index (χ3n) is 1.73. The predicted octanol–water partition coefficient (Wildman–Crippen LogP) is 2.68. The molecule has 0 heterocycles. The maximum absolute atomic E-state index is 5.38. The van der Waals surface area contributed by atoms with Gasteiger partial charge in [0.25, 0.3) is 0 Å². The molecule has 0 saturated carbocycles. The summed E-state index contributed by atoms with van der Waals surface area (Å²) in [6.07, 6.45) is 2.24. The first-order valence-corrected chi connectivity index (χ1v) is 4.42. The van der Waals surface area contributed by atoms with E-state index < -0.39 is 0 Å². The molecule has 0 unspecified atom stereocenters. The van der Waals surface area contributed by atoms with Crippen molar-refractivity contribution in [2.45, 2.75) is 12.8 Å². The van der Waals surface area contributed by atoms with E-state index in [1.807, 2.05) is 18.2 Å². The Morgan fingerprint density at radius 2 is 1.64 bits per heavy atom. The van der Waals surface area contributed by atoms with Crippen LogP contribution in [0.1, 0.15) is 12.8 Å². The van der Waals surface area contributed by atoms with Crippen LogP contribution in [0.15, 0.2) is 30.3 Å². The van der Waals surface area contributed by atoms with E-state index in [0.29, 0.717) is 0 Å². The standard InChI is InChI=1S/C10H16N2.2ClH/c11-8-4-5-9-12-10-6-2-1-3-7-10;;/h1-3,6-7,12H,4-5,8-9,11H2;2*1H. The summed E-state index contributed by atoms with van der Waals surface area (Å²) >= 11 is 0. The number of para-hydroxylation sites is 1. The summed E-state index contributed by atoms with van der Waals surface area (Å²) < 4.78 is 0. The number of nitrogens with one attached hydrogen (secondary N) is 1. The zero-order valence-electron chi connectivity index (χ0n) is 8.11. The molecule has 4 heteroatoms. The quantitative estimate of drug-likeness (QED) is 0.772. The van der Waals surface area contributed by atoms with E-state index >= 15 is 0 Å². The normalized spacial score (nSPS) is 8.36. The molecule has 0 saturated heterocycles. The maximum atomic E-state index is 5.38. The summed E-state index contributed by atoms with van der Waals surface area (Å²) in [5, 5.41) is 3.32. The van der Waals surface area contributed by atoms with Gasteiger partial charge in [-0.05, 0) is 31.5 Å². The molecule has 0 radical (unpaired) electrons.